The van der Waals surface area contributed by atoms with E-state index in [0.717, 1.165) is 17.7 Å². The molecule has 0 N–H and O–H groups in total. The number of aromatic nitrogens is 3. The highest BCUT2D eigenvalue weighted by molar-refractivity contribution is 5.98. The van der Waals surface area contributed by atoms with Gasteiger partial charge in [-0.15, -0.1) is 0 Å². The van der Waals surface area contributed by atoms with Crippen molar-refractivity contribution in [2.45, 2.75) is 12.7 Å². The molecule has 154 valence electrons. The molecule has 0 aliphatic carbocycles. The molecule has 31 heavy (non-hydrogen) atoms. The minimum Gasteiger partial charge on any atom is -0.318 e. The van der Waals surface area contributed by atoms with Crippen LogP contribution < -0.4 is 0 Å². The number of hydrogen-bond acceptors (Lipinski definition) is 4. The van der Waals surface area contributed by atoms with Gasteiger partial charge in [0, 0.05) is 24.1 Å². The third kappa shape index (κ3) is 3.24. The minimum atomic E-state index is -4.51. The standard InChI is InChI=1S/C22H13F3N4O2/c23-22(24,25)14-6-9-19-18(10-14)26-20-16-11-15(29(30)31)7-8-17(16)27-21(20)28(19)12-13-4-2-1-3-5-13/h1-11H,12H2. The molecule has 3 aromatic carbocycles. The average molecular weight is 422 g/mol. The number of nitro groups is 1. The molecule has 6 nitrogen and oxygen atoms in total. The molecular weight excluding hydrogens is 409 g/mol. The Morgan fingerprint density at radius 3 is 2.42 bits per heavy atom. The van der Waals surface area contributed by atoms with Crippen molar-refractivity contribution in [2.75, 3.05) is 0 Å². The molecule has 0 bridgehead atoms. The van der Waals surface area contributed by atoms with Gasteiger partial charge >= 0.3 is 6.18 Å². The van der Waals surface area contributed by atoms with E-state index in [1.54, 1.807) is 4.57 Å². The summed E-state index contributed by atoms with van der Waals surface area (Å²) in [5.41, 5.74) is 1.41. The van der Waals surface area contributed by atoms with Gasteiger partial charge in [0.1, 0.15) is 5.69 Å². The predicted octanol–water partition coefficient (Wildman–Crippen LogP) is 5.66. The number of rotatable bonds is 3. The largest absolute Gasteiger partial charge is 0.416 e. The second kappa shape index (κ2) is 6.76. The molecule has 0 spiro atoms. The summed E-state index contributed by atoms with van der Waals surface area (Å²) in [7, 11) is 0. The first kappa shape index (κ1) is 19.0. The van der Waals surface area contributed by atoms with E-state index in [1.165, 1.54) is 24.3 Å². The van der Waals surface area contributed by atoms with Gasteiger partial charge in [0.2, 0.25) is 0 Å². The Bertz CT molecular complexity index is 1430. The van der Waals surface area contributed by atoms with Crippen LogP contribution in [0.2, 0.25) is 0 Å². The summed E-state index contributed by atoms with van der Waals surface area (Å²) in [6, 6.07) is 17.0. The van der Waals surface area contributed by atoms with Crippen LogP contribution in [0.5, 0.6) is 0 Å². The van der Waals surface area contributed by atoms with Crippen LogP contribution in [-0.4, -0.2) is 19.5 Å². The summed E-state index contributed by atoms with van der Waals surface area (Å²) < 4.78 is 41.7. The summed E-state index contributed by atoms with van der Waals surface area (Å²) in [5.74, 6) is 0.451. The molecule has 0 saturated heterocycles. The lowest BCUT2D eigenvalue weighted by atomic mass is 10.1. The van der Waals surface area contributed by atoms with E-state index >= 15 is 0 Å². The Morgan fingerprint density at radius 1 is 0.935 bits per heavy atom. The normalized spacial score (nSPS) is 12.1. The fourth-order valence-electron chi connectivity index (χ4n) is 3.69. The summed E-state index contributed by atoms with van der Waals surface area (Å²) in [6.07, 6.45) is -4.51. The summed E-state index contributed by atoms with van der Waals surface area (Å²) in [6.45, 7) is 0.354. The molecule has 2 aliphatic rings. The molecule has 0 amide bonds. The zero-order chi connectivity index (χ0) is 21.8. The summed E-state index contributed by atoms with van der Waals surface area (Å²) in [5, 5.41) is 11.6. The van der Waals surface area contributed by atoms with Gasteiger partial charge in [0.25, 0.3) is 5.69 Å². The van der Waals surface area contributed by atoms with E-state index in [1.807, 2.05) is 30.3 Å². The van der Waals surface area contributed by atoms with Crippen molar-refractivity contribution in [2.24, 2.45) is 0 Å². The van der Waals surface area contributed by atoms with Gasteiger partial charge in [-0.1, -0.05) is 30.3 Å². The highest BCUT2D eigenvalue weighted by Gasteiger charge is 2.31. The highest BCUT2D eigenvalue weighted by Crippen LogP contribution is 2.37. The monoisotopic (exact) mass is 422 g/mol. The molecule has 2 heterocycles. The highest BCUT2D eigenvalue weighted by atomic mass is 19.4. The van der Waals surface area contributed by atoms with E-state index in [-0.39, 0.29) is 11.2 Å². The Morgan fingerprint density at radius 2 is 1.71 bits per heavy atom. The summed E-state index contributed by atoms with van der Waals surface area (Å²) >= 11 is 0. The zero-order valence-corrected chi connectivity index (χ0v) is 15.8. The first-order chi connectivity index (χ1) is 14.8. The van der Waals surface area contributed by atoms with Crippen molar-refractivity contribution in [3.8, 4) is 11.5 Å². The molecule has 0 radical (unpaired) electrons. The summed E-state index contributed by atoms with van der Waals surface area (Å²) in [4.78, 5) is 19.7. The van der Waals surface area contributed by atoms with Crippen molar-refractivity contribution in [3.63, 3.8) is 0 Å². The van der Waals surface area contributed by atoms with Gasteiger partial charge in [0.15, 0.2) is 5.82 Å². The molecule has 5 rings (SSSR count). The second-order valence-electron chi connectivity index (χ2n) is 7.13. The maximum Gasteiger partial charge on any atom is 0.416 e. The van der Waals surface area contributed by atoms with Crippen molar-refractivity contribution in [3.05, 3.63) is 88.0 Å². The maximum absolute atomic E-state index is 13.3. The number of nitro benzene ring substituents is 1. The van der Waals surface area contributed by atoms with Crippen molar-refractivity contribution >= 4 is 27.6 Å². The van der Waals surface area contributed by atoms with Gasteiger partial charge in [-0.3, -0.25) is 10.1 Å². The molecule has 2 aliphatic heterocycles. The minimum absolute atomic E-state index is 0.137. The number of hydrogen-bond donors (Lipinski definition) is 0. The van der Waals surface area contributed by atoms with Gasteiger partial charge in [-0.25, -0.2) is 9.97 Å². The first-order valence-corrected chi connectivity index (χ1v) is 9.30. The van der Waals surface area contributed by atoms with Crippen LogP contribution in [0.1, 0.15) is 11.1 Å². The number of halogens is 3. The Balaban J connectivity index is 1.84. The molecule has 0 unspecified atom stereocenters. The van der Waals surface area contributed by atoms with Crippen molar-refractivity contribution in [1.29, 1.82) is 0 Å². The van der Waals surface area contributed by atoms with Crippen LogP contribution in [0, 0.1) is 10.1 Å². The predicted molar refractivity (Wildman–Crippen MR) is 109 cm³/mol. The number of nitrogens with zero attached hydrogens (tertiary/aromatic N) is 4. The molecule has 0 fully saturated rings. The van der Waals surface area contributed by atoms with E-state index < -0.39 is 16.7 Å². The van der Waals surface area contributed by atoms with Crippen LogP contribution in [0.25, 0.3) is 33.5 Å². The fourth-order valence-corrected chi connectivity index (χ4v) is 3.69. The second-order valence-corrected chi connectivity index (χ2v) is 7.13. The average Bonchev–Trinajstić information content (AvgIpc) is 3.11. The van der Waals surface area contributed by atoms with E-state index in [0.29, 0.717) is 34.5 Å². The Hall–Kier alpha value is -4.01. The quantitative estimate of drug-likeness (QED) is 0.278. The topological polar surface area (TPSA) is 73.8 Å². The van der Waals surface area contributed by atoms with E-state index in [9.17, 15) is 23.3 Å². The third-order valence-electron chi connectivity index (χ3n) is 5.15. The molecule has 9 heteroatoms. The van der Waals surface area contributed by atoms with Gasteiger partial charge in [0.05, 0.1) is 27.0 Å². The maximum atomic E-state index is 13.3. The SMILES string of the molecule is O=[N+]([O-])c1ccc2nc3n(Cc4ccccc4)c4ccc(C(F)(F)F)cc4nc-3c2c1. The molecule has 0 saturated carbocycles. The van der Waals surface area contributed by atoms with E-state index in [2.05, 4.69) is 9.97 Å². The van der Waals surface area contributed by atoms with E-state index in [4.69, 9.17) is 0 Å². The van der Waals surface area contributed by atoms with Crippen LogP contribution in [-0.2, 0) is 12.7 Å². The van der Waals surface area contributed by atoms with Crippen molar-refractivity contribution < 1.29 is 18.1 Å². The number of fused-ring (bicyclic) bond motifs is 4. The van der Waals surface area contributed by atoms with Crippen molar-refractivity contribution in [1.82, 2.24) is 14.5 Å². The van der Waals surface area contributed by atoms with Crippen LogP contribution >= 0.6 is 0 Å². The van der Waals surface area contributed by atoms with Gasteiger partial charge in [-0.05, 0) is 29.8 Å². The lowest BCUT2D eigenvalue weighted by molar-refractivity contribution is -0.384. The smallest absolute Gasteiger partial charge is 0.318 e. The molecule has 3 aromatic rings. The van der Waals surface area contributed by atoms with Gasteiger partial charge in [-0.2, -0.15) is 13.2 Å². The molecular formula is C22H13F3N4O2. The molecule has 0 atom stereocenters. The lowest BCUT2D eigenvalue weighted by Gasteiger charge is -2.17. The van der Waals surface area contributed by atoms with Gasteiger partial charge < -0.3 is 4.57 Å². The van der Waals surface area contributed by atoms with Crippen LogP contribution in [0.3, 0.4) is 0 Å². The lowest BCUT2D eigenvalue weighted by Crippen LogP contribution is -2.10. The zero-order valence-electron chi connectivity index (χ0n) is 15.8. The number of non-ortho nitro benzene ring substituents is 1. The Kier molecular flexibility index (Phi) is 4.14. The van der Waals surface area contributed by atoms with Crippen LogP contribution in [0.15, 0.2) is 66.7 Å². The third-order valence-corrected chi connectivity index (χ3v) is 5.15. The number of alkyl halides is 3. The molecule has 0 aromatic heterocycles. The number of benzene rings is 3. The first-order valence-electron chi connectivity index (χ1n) is 9.30. The van der Waals surface area contributed by atoms with Crippen LogP contribution in [0.4, 0.5) is 18.9 Å². The fraction of sp³-hybridized carbons (Fsp3) is 0.0909. The Labute approximate surface area is 173 Å².